The molecular formula is C14H22N2O2S. The minimum absolute atomic E-state index is 0.168. The fourth-order valence-electron chi connectivity index (χ4n) is 2.46. The molecule has 2 rings (SSSR count). The first-order valence-electron chi connectivity index (χ1n) is 6.99. The van der Waals surface area contributed by atoms with Gasteiger partial charge in [0.1, 0.15) is 0 Å². The monoisotopic (exact) mass is 282 g/mol. The number of esters is 1. The summed E-state index contributed by atoms with van der Waals surface area (Å²) in [6.45, 7) is 4.50. The average Bonchev–Trinajstić information content (AvgIpc) is 2.93. The summed E-state index contributed by atoms with van der Waals surface area (Å²) < 4.78 is 4.65. The van der Waals surface area contributed by atoms with Crippen LogP contribution in [0.15, 0.2) is 5.38 Å². The second-order valence-electron chi connectivity index (χ2n) is 5.06. The summed E-state index contributed by atoms with van der Waals surface area (Å²) in [6.07, 6.45) is 4.94. The zero-order chi connectivity index (χ0) is 13.7. The molecule has 1 aliphatic heterocycles. The van der Waals surface area contributed by atoms with Crippen LogP contribution in [-0.4, -0.2) is 31.2 Å². The van der Waals surface area contributed by atoms with E-state index in [0.717, 1.165) is 29.8 Å². The molecule has 1 unspecified atom stereocenters. The van der Waals surface area contributed by atoms with E-state index in [-0.39, 0.29) is 5.97 Å². The van der Waals surface area contributed by atoms with E-state index in [9.17, 15) is 4.79 Å². The Kier molecular flexibility index (Phi) is 5.19. The number of nitrogens with zero attached hydrogens (tertiary/aromatic N) is 2. The number of aryl methyl sites for hydroxylation is 1. The van der Waals surface area contributed by atoms with Gasteiger partial charge in [0.25, 0.3) is 0 Å². The number of anilines is 1. The van der Waals surface area contributed by atoms with E-state index in [1.54, 1.807) is 11.3 Å². The number of aromatic nitrogens is 1. The van der Waals surface area contributed by atoms with Crippen molar-refractivity contribution >= 4 is 22.4 Å². The maximum absolute atomic E-state index is 11.1. The van der Waals surface area contributed by atoms with Crippen LogP contribution in [0.3, 0.4) is 0 Å². The first-order valence-corrected chi connectivity index (χ1v) is 7.87. The van der Waals surface area contributed by atoms with Crippen molar-refractivity contribution in [1.29, 1.82) is 0 Å². The van der Waals surface area contributed by atoms with E-state index < -0.39 is 0 Å². The smallest absolute Gasteiger partial charge is 0.305 e. The topological polar surface area (TPSA) is 42.4 Å². The lowest BCUT2D eigenvalue weighted by Crippen LogP contribution is -2.35. The number of piperidine rings is 1. The van der Waals surface area contributed by atoms with E-state index in [4.69, 9.17) is 0 Å². The van der Waals surface area contributed by atoms with Gasteiger partial charge in [0.05, 0.1) is 19.2 Å². The number of ether oxygens (including phenoxy) is 1. The Bertz CT molecular complexity index is 419. The molecule has 1 atom stereocenters. The molecule has 0 spiro atoms. The van der Waals surface area contributed by atoms with Gasteiger partial charge in [-0.05, 0) is 18.8 Å². The number of rotatable bonds is 5. The molecule has 1 aromatic heterocycles. The van der Waals surface area contributed by atoms with Gasteiger partial charge in [-0.15, -0.1) is 11.3 Å². The largest absolute Gasteiger partial charge is 0.469 e. The quantitative estimate of drug-likeness (QED) is 0.779. The molecule has 0 N–H and O–H groups in total. The maximum atomic E-state index is 11.1. The summed E-state index contributed by atoms with van der Waals surface area (Å²) in [5.74, 6) is 0.634. The Morgan fingerprint density at radius 2 is 2.47 bits per heavy atom. The van der Waals surface area contributed by atoms with Gasteiger partial charge in [0.15, 0.2) is 5.13 Å². The molecule has 0 radical (unpaired) electrons. The highest BCUT2D eigenvalue weighted by molar-refractivity contribution is 7.13. The SMILES string of the molecule is CCC1CCCN(c2nc(CCC(=O)OC)cs2)C1. The molecule has 5 heteroatoms. The molecule has 0 aromatic carbocycles. The van der Waals surface area contributed by atoms with Gasteiger partial charge < -0.3 is 9.64 Å². The van der Waals surface area contributed by atoms with Crippen LogP contribution in [0, 0.1) is 5.92 Å². The number of hydrogen-bond donors (Lipinski definition) is 0. The summed E-state index contributed by atoms with van der Waals surface area (Å²) in [7, 11) is 1.42. The van der Waals surface area contributed by atoms with Crippen LogP contribution in [-0.2, 0) is 16.0 Å². The van der Waals surface area contributed by atoms with E-state index in [1.807, 2.05) is 0 Å². The molecule has 2 heterocycles. The highest BCUT2D eigenvalue weighted by Crippen LogP contribution is 2.27. The van der Waals surface area contributed by atoms with Gasteiger partial charge in [0.2, 0.25) is 0 Å². The fourth-order valence-corrected chi connectivity index (χ4v) is 3.36. The molecule has 1 fully saturated rings. The lowest BCUT2D eigenvalue weighted by molar-refractivity contribution is -0.140. The Morgan fingerprint density at radius 1 is 1.63 bits per heavy atom. The molecule has 1 saturated heterocycles. The molecule has 0 aliphatic carbocycles. The minimum atomic E-state index is -0.168. The Morgan fingerprint density at radius 3 is 3.21 bits per heavy atom. The second kappa shape index (κ2) is 6.89. The number of carbonyl (C=O) groups is 1. The third-order valence-electron chi connectivity index (χ3n) is 3.72. The zero-order valence-electron chi connectivity index (χ0n) is 11.7. The first kappa shape index (κ1) is 14.3. The summed E-state index contributed by atoms with van der Waals surface area (Å²) in [5.41, 5.74) is 1.00. The molecule has 0 bridgehead atoms. The van der Waals surface area contributed by atoms with Crippen molar-refractivity contribution < 1.29 is 9.53 Å². The van der Waals surface area contributed by atoms with Crippen LogP contribution in [0.4, 0.5) is 5.13 Å². The van der Waals surface area contributed by atoms with E-state index in [0.29, 0.717) is 12.8 Å². The summed E-state index contributed by atoms with van der Waals surface area (Å²) >= 11 is 1.69. The standard InChI is InChI=1S/C14H22N2O2S/c1-3-11-5-4-8-16(9-11)14-15-12(10-19-14)6-7-13(17)18-2/h10-11H,3-9H2,1-2H3. The highest BCUT2D eigenvalue weighted by atomic mass is 32.1. The van der Waals surface area contributed by atoms with Crippen molar-refractivity contribution in [2.75, 3.05) is 25.1 Å². The summed E-state index contributed by atoms with van der Waals surface area (Å²) in [5, 5.41) is 3.17. The first-order chi connectivity index (χ1) is 9.22. The van der Waals surface area contributed by atoms with Crippen molar-refractivity contribution in [3.8, 4) is 0 Å². The van der Waals surface area contributed by atoms with Crippen molar-refractivity contribution in [1.82, 2.24) is 4.98 Å². The van der Waals surface area contributed by atoms with Gasteiger partial charge in [-0.2, -0.15) is 0 Å². The third-order valence-corrected chi connectivity index (χ3v) is 4.67. The van der Waals surface area contributed by atoms with E-state index >= 15 is 0 Å². The van der Waals surface area contributed by atoms with Gasteiger partial charge in [-0.1, -0.05) is 13.3 Å². The summed E-state index contributed by atoms with van der Waals surface area (Å²) in [4.78, 5) is 18.2. The van der Waals surface area contributed by atoms with Crippen LogP contribution in [0.1, 0.15) is 38.3 Å². The number of methoxy groups -OCH3 is 1. The number of thiazole rings is 1. The summed E-state index contributed by atoms with van der Waals surface area (Å²) in [6, 6.07) is 0. The van der Waals surface area contributed by atoms with Crippen molar-refractivity contribution in [2.24, 2.45) is 5.92 Å². The molecule has 4 nitrogen and oxygen atoms in total. The lowest BCUT2D eigenvalue weighted by atomic mass is 9.96. The predicted octanol–water partition coefficient (Wildman–Crippen LogP) is 2.88. The molecule has 1 aromatic rings. The van der Waals surface area contributed by atoms with E-state index in [1.165, 1.54) is 26.4 Å². The van der Waals surface area contributed by atoms with E-state index in [2.05, 4.69) is 26.9 Å². The maximum Gasteiger partial charge on any atom is 0.305 e. The molecule has 1 aliphatic rings. The second-order valence-corrected chi connectivity index (χ2v) is 5.90. The van der Waals surface area contributed by atoms with Gasteiger partial charge in [0, 0.05) is 24.9 Å². The Balaban J connectivity index is 1.91. The Hall–Kier alpha value is -1.10. The van der Waals surface area contributed by atoms with Crippen LogP contribution in [0.2, 0.25) is 0 Å². The van der Waals surface area contributed by atoms with Crippen molar-refractivity contribution in [2.45, 2.75) is 39.0 Å². The van der Waals surface area contributed by atoms with Crippen LogP contribution < -0.4 is 4.90 Å². The average molecular weight is 282 g/mol. The minimum Gasteiger partial charge on any atom is -0.469 e. The molecular weight excluding hydrogens is 260 g/mol. The molecule has 0 saturated carbocycles. The number of carbonyl (C=O) groups excluding carboxylic acids is 1. The molecule has 19 heavy (non-hydrogen) atoms. The molecule has 106 valence electrons. The van der Waals surface area contributed by atoms with Crippen LogP contribution in [0.25, 0.3) is 0 Å². The Labute approximate surface area is 118 Å². The zero-order valence-corrected chi connectivity index (χ0v) is 12.5. The fraction of sp³-hybridized carbons (Fsp3) is 0.714. The van der Waals surface area contributed by atoms with Crippen molar-refractivity contribution in [3.63, 3.8) is 0 Å². The predicted molar refractivity (Wildman–Crippen MR) is 77.7 cm³/mol. The highest BCUT2D eigenvalue weighted by Gasteiger charge is 2.20. The molecule has 0 amide bonds. The van der Waals surface area contributed by atoms with Gasteiger partial charge >= 0.3 is 5.97 Å². The van der Waals surface area contributed by atoms with Gasteiger partial charge in [-0.3, -0.25) is 4.79 Å². The van der Waals surface area contributed by atoms with Crippen molar-refractivity contribution in [3.05, 3.63) is 11.1 Å². The third kappa shape index (κ3) is 3.93. The van der Waals surface area contributed by atoms with Crippen LogP contribution >= 0.6 is 11.3 Å². The lowest BCUT2D eigenvalue weighted by Gasteiger charge is -2.31. The normalized spacial score (nSPS) is 19.5. The number of hydrogen-bond acceptors (Lipinski definition) is 5. The van der Waals surface area contributed by atoms with Crippen LogP contribution in [0.5, 0.6) is 0 Å². The van der Waals surface area contributed by atoms with Gasteiger partial charge in [-0.25, -0.2) is 4.98 Å².